The first-order chi connectivity index (χ1) is 20.7. The number of carbonyl (C=O) groups excluding carboxylic acids is 2. The predicted molar refractivity (Wildman–Crippen MR) is 160 cm³/mol. The van der Waals surface area contributed by atoms with Crippen molar-refractivity contribution in [3.8, 4) is 5.75 Å². The Labute approximate surface area is 248 Å². The number of anilines is 1. The highest BCUT2D eigenvalue weighted by Crippen LogP contribution is 2.47. The van der Waals surface area contributed by atoms with Gasteiger partial charge in [0.1, 0.15) is 5.75 Å². The largest absolute Gasteiger partial charge is 0.507 e. The van der Waals surface area contributed by atoms with Gasteiger partial charge in [-0.15, -0.1) is 0 Å². The lowest BCUT2D eigenvalue weighted by Gasteiger charge is -2.36. The molecular weight excluding hydrogens is 552 g/mol. The van der Waals surface area contributed by atoms with E-state index in [1.54, 1.807) is 18.2 Å². The molecule has 4 N–H and O–H groups in total. The van der Waals surface area contributed by atoms with E-state index in [-0.39, 0.29) is 30.0 Å². The number of nitrogens with zero attached hydrogens (tertiary/aromatic N) is 2. The summed E-state index contributed by atoms with van der Waals surface area (Å²) in [7, 11) is 0. The van der Waals surface area contributed by atoms with Gasteiger partial charge >= 0.3 is 0 Å². The standard InChI is InChI=1S/C33H32N2O8/c36-18-23-16-26-31(33(41)34(32(26)40)24-10-6-11-25(17-24)35(42)43)27(19-37)30(23)29(39)14-13-21(20-7-2-1-3-8-20)15-22-9-4-5-12-28(22)38/h1-12,15,17,26-27,29,31,36-39H,13-14,16,18-19H2/b21-15-/t26-,27+,29-,31-/m1/s1. The van der Waals surface area contributed by atoms with Crippen molar-refractivity contribution in [3.63, 3.8) is 0 Å². The number of phenolic OH excluding ortho intramolecular Hbond substituents is 1. The van der Waals surface area contributed by atoms with Crippen LogP contribution in [0.5, 0.6) is 5.75 Å². The number of rotatable bonds is 10. The van der Waals surface area contributed by atoms with Gasteiger partial charge in [0.05, 0.1) is 41.8 Å². The minimum atomic E-state index is -1.15. The van der Waals surface area contributed by atoms with Gasteiger partial charge in [-0.3, -0.25) is 19.7 Å². The number of nitro benzene ring substituents is 1. The van der Waals surface area contributed by atoms with Gasteiger partial charge in [-0.25, -0.2) is 4.90 Å². The second kappa shape index (κ2) is 12.7. The molecule has 43 heavy (non-hydrogen) atoms. The first kappa shape index (κ1) is 29.8. The predicted octanol–water partition coefficient (Wildman–Crippen LogP) is 4.09. The number of hydrogen-bond donors (Lipinski definition) is 4. The summed E-state index contributed by atoms with van der Waals surface area (Å²) in [6, 6.07) is 21.6. The third kappa shape index (κ3) is 5.85. The van der Waals surface area contributed by atoms with Crippen molar-refractivity contribution in [1.82, 2.24) is 0 Å². The fraction of sp³-hybridized carbons (Fsp3) is 0.273. The van der Waals surface area contributed by atoms with Crippen molar-refractivity contribution in [2.45, 2.75) is 25.4 Å². The molecule has 1 fully saturated rings. The molecule has 0 aromatic heterocycles. The van der Waals surface area contributed by atoms with E-state index in [0.717, 1.165) is 22.1 Å². The van der Waals surface area contributed by atoms with Crippen molar-refractivity contribution in [2.75, 3.05) is 18.1 Å². The van der Waals surface area contributed by atoms with E-state index in [1.165, 1.54) is 18.2 Å². The van der Waals surface area contributed by atoms with Crippen LogP contribution in [0.25, 0.3) is 11.6 Å². The maximum Gasteiger partial charge on any atom is 0.271 e. The number of non-ortho nitro benzene ring substituents is 1. The zero-order chi connectivity index (χ0) is 30.7. The molecule has 2 amide bonds. The summed E-state index contributed by atoms with van der Waals surface area (Å²) in [6.45, 7) is -1.01. The topological polar surface area (TPSA) is 161 Å². The van der Waals surface area contributed by atoms with Gasteiger partial charge in [0.15, 0.2) is 0 Å². The molecule has 10 nitrogen and oxygen atoms in total. The highest BCUT2D eigenvalue weighted by molar-refractivity contribution is 6.22. The highest BCUT2D eigenvalue weighted by atomic mass is 16.6. The van der Waals surface area contributed by atoms with Crippen LogP contribution < -0.4 is 4.90 Å². The molecule has 0 saturated carbocycles. The molecule has 0 radical (unpaired) electrons. The van der Waals surface area contributed by atoms with Gasteiger partial charge in [0.25, 0.3) is 5.69 Å². The summed E-state index contributed by atoms with van der Waals surface area (Å²) in [5.74, 6) is -3.88. The summed E-state index contributed by atoms with van der Waals surface area (Å²) < 4.78 is 0. The Bertz CT molecular complexity index is 1600. The number of hydrogen-bond acceptors (Lipinski definition) is 8. The van der Waals surface area contributed by atoms with E-state index in [9.17, 15) is 40.1 Å². The van der Waals surface area contributed by atoms with Gasteiger partial charge in [-0.1, -0.05) is 54.6 Å². The quantitative estimate of drug-likeness (QED) is 0.0911. The lowest BCUT2D eigenvalue weighted by Crippen LogP contribution is -2.39. The summed E-state index contributed by atoms with van der Waals surface area (Å²) in [4.78, 5) is 38.7. The SMILES string of the molecule is O=C1[C@@H]2[C@@H](CC(CO)=C([C@H](O)CC/C(=C/c3ccccc3O)c3ccccc3)[C@@H]2CO)C(=O)N1c1cccc([N+](=O)[O-])c1. The van der Waals surface area contributed by atoms with Crippen LogP contribution in [0.4, 0.5) is 11.4 Å². The molecule has 2 aliphatic rings. The van der Waals surface area contributed by atoms with Crippen molar-refractivity contribution in [2.24, 2.45) is 17.8 Å². The number of para-hydroxylation sites is 1. The van der Waals surface area contributed by atoms with Crippen LogP contribution in [-0.2, 0) is 9.59 Å². The summed E-state index contributed by atoms with van der Waals surface area (Å²) >= 11 is 0. The Hall–Kier alpha value is -4.64. The number of amides is 2. The lowest BCUT2D eigenvalue weighted by molar-refractivity contribution is -0.384. The molecule has 10 heteroatoms. The summed E-state index contributed by atoms with van der Waals surface area (Å²) in [5, 5.41) is 53.9. The van der Waals surface area contributed by atoms with E-state index in [0.29, 0.717) is 23.1 Å². The van der Waals surface area contributed by atoms with Crippen LogP contribution in [0.1, 0.15) is 30.4 Å². The molecule has 1 heterocycles. The number of fused-ring (bicyclic) bond motifs is 1. The second-order valence-electron chi connectivity index (χ2n) is 10.8. The van der Waals surface area contributed by atoms with Crippen LogP contribution in [0.15, 0.2) is 90.0 Å². The van der Waals surface area contributed by atoms with Crippen molar-refractivity contribution in [1.29, 1.82) is 0 Å². The minimum absolute atomic E-state index is 0.0132. The molecule has 0 unspecified atom stereocenters. The molecule has 3 aromatic rings. The van der Waals surface area contributed by atoms with E-state index in [2.05, 4.69) is 0 Å². The Balaban J connectivity index is 1.44. The average molecular weight is 585 g/mol. The first-order valence-electron chi connectivity index (χ1n) is 14.0. The normalized spacial score (nSPS) is 21.2. The third-order valence-electron chi connectivity index (χ3n) is 8.33. The Kier molecular flexibility index (Phi) is 8.81. The van der Waals surface area contributed by atoms with Crippen LogP contribution in [0, 0.1) is 27.9 Å². The van der Waals surface area contributed by atoms with E-state index >= 15 is 0 Å². The number of nitro groups is 1. The number of benzene rings is 3. The molecule has 1 aliphatic heterocycles. The number of aromatic hydroxyl groups is 1. The van der Waals surface area contributed by atoms with Gasteiger partial charge < -0.3 is 20.4 Å². The fourth-order valence-corrected chi connectivity index (χ4v) is 6.30. The molecule has 222 valence electrons. The van der Waals surface area contributed by atoms with Crippen molar-refractivity contribution < 1.29 is 34.9 Å². The smallest absolute Gasteiger partial charge is 0.271 e. The summed E-state index contributed by atoms with van der Waals surface area (Å²) in [6.07, 6.45) is 1.25. The van der Waals surface area contributed by atoms with E-state index in [1.807, 2.05) is 42.5 Å². The van der Waals surface area contributed by atoms with Crippen molar-refractivity contribution in [3.05, 3.63) is 111 Å². The Morgan fingerprint density at radius 1 is 1.00 bits per heavy atom. The highest BCUT2D eigenvalue weighted by Gasteiger charge is 2.55. The Morgan fingerprint density at radius 3 is 2.40 bits per heavy atom. The number of phenols is 1. The Morgan fingerprint density at radius 2 is 1.72 bits per heavy atom. The molecular formula is C33H32N2O8. The minimum Gasteiger partial charge on any atom is -0.507 e. The number of aliphatic hydroxyl groups excluding tert-OH is 3. The van der Waals surface area contributed by atoms with Crippen LogP contribution in [-0.4, -0.2) is 56.5 Å². The molecule has 4 atom stereocenters. The van der Waals surface area contributed by atoms with E-state index < -0.39 is 53.8 Å². The molecule has 1 saturated heterocycles. The number of aliphatic hydroxyl groups is 3. The van der Waals surface area contributed by atoms with E-state index in [4.69, 9.17) is 0 Å². The van der Waals surface area contributed by atoms with Gasteiger partial charge in [0.2, 0.25) is 11.8 Å². The third-order valence-corrected chi connectivity index (χ3v) is 8.33. The second-order valence-corrected chi connectivity index (χ2v) is 10.8. The molecule has 1 aliphatic carbocycles. The average Bonchev–Trinajstić information content (AvgIpc) is 3.28. The van der Waals surface area contributed by atoms with Gasteiger partial charge in [-0.2, -0.15) is 0 Å². The van der Waals surface area contributed by atoms with Gasteiger partial charge in [0, 0.05) is 23.6 Å². The lowest BCUT2D eigenvalue weighted by atomic mass is 9.68. The fourth-order valence-electron chi connectivity index (χ4n) is 6.30. The zero-order valence-corrected chi connectivity index (χ0v) is 23.2. The molecule has 0 bridgehead atoms. The number of imide groups is 1. The number of allylic oxidation sites excluding steroid dienone is 1. The van der Waals surface area contributed by atoms with Gasteiger partial charge in [-0.05, 0) is 59.8 Å². The maximum absolute atomic E-state index is 13.7. The molecule has 0 spiro atoms. The van der Waals surface area contributed by atoms with Crippen LogP contribution in [0.2, 0.25) is 0 Å². The maximum atomic E-state index is 13.7. The summed E-state index contributed by atoms with van der Waals surface area (Å²) in [5.41, 5.74) is 2.85. The first-order valence-corrected chi connectivity index (χ1v) is 14.0. The molecule has 5 rings (SSSR count). The van der Waals surface area contributed by atoms with Crippen molar-refractivity contribution >= 4 is 34.8 Å². The number of carbonyl (C=O) groups is 2. The molecule has 3 aromatic carbocycles. The van der Waals surface area contributed by atoms with Crippen LogP contribution >= 0.6 is 0 Å². The zero-order valence-electron chi connectivity index (χ0n) is 23.2. The van der Waals surface area contributed by atoms with Crippen LogP contribution in [0.3, 0.4) is 0 Å². The monoisotopic (exact) mass is 584 g/mol.